The molecule has 142 valence electrons. The molecule has 1 aliphatic rings. The molecular formula is C18H28ClNO4S. The van der Waals surface area contributed by atoms with Gasteiger partial charge in [0.1, 0.15) is 10.6 Å². The average Bonchev–Trinajstić information content (AvgIpc) is 2.53. The summed E-state index contributed by atoms with van der Waals surface area (Å²) in [5.74, 6) is 0.379. The molecule has 0 amide bonds. The molecule has 0 aromatic heterocycles. The second-order valence-electron chi connectivity index (χ2n) is 6.68. The van der Waals surface area contributed by atoms with Gasteiger partial charge in [-0.1, -0.05) is 31.4 Å². The van der Waals surface area contributed by atoms with E-state index in [-0.39, 0.29) is 17.1 Å². The summed E-state index contributed by atoms with van der Waals surface area (Å²) in [6.45, 7) is 8.86. The Hall–Kier alpha value is -0.820. The quantitative estimate of drug-likeness (QED) is 0.661. The first-order valence-electron chi connectivity index (χ1n) is 8.84. The van der Waals surface area contributed by atoms with Crippen LogP contribution in [0, 0.1) is 6.92 Å². The molecule has 0 radical (unpaired) electrons. The van der Waals surface area contributed by atoms with Gasteiger partial charge in [0.05, 0.1) is 18.8 Å². The Morgan fingerprint density at radius 3 is 2.48 bits per heavy atom. The first-order valence-corrected chi connectivity index (χ1v) is 10.7. The van der Waals surface area contributed by atoms with E-state index in [0.717, 1.165) is 24.8 Å². The Morgan fingerprint density at radius 1 is 1.24 bits per heavy atom. The van der Waals surface area contributed by atoms with E-state index in [9.17, 15) is 8.42 Å². The van der Waals surface area contributed by atoms with Crippen LogP contribution >= 0.6 is 11.6 Å². The van der Waals surface area contributed by atoms with Gasteiger partial charge in [-0.2, -0.15) is 4.31 Å². The molecule has 2 atom stereocenters. The summed E-state index contributed by atoms with van der Waals surface area (Å²) in [5.41, 5.74) is 0.801. The topological polar surface area (TPSA) is 55.8 Å². The number of rotatable bonds is 7. The van der Waals surface area contributed by atoms with Gasteiger partial charge in [-0.15, -0.1) is 0 Å². The second-order valence-corrected chi connectivity index (χ2v) is 9.00. The minimum atomic E-state index is -3.70. The zero-order chi connectivity index (χ0) is 18.6. The molecule has 2 rings (SSSR count). The van der Waals surface area contributed by atoms with Crippen LogP contribution in [0.2, 0.25) is 5.02 Å². The third-order valence-electron chi connectivity index (χ3n) is 4.23. The lowest BCUT2D eigenvalue weighted by atomic mass is 10.2. The van der Waals surface area contributed by atoms with Gasteiger partial charge in [0, 0.05) is 18.1 Å². The van der Waals surface area contributed by atoms with Crippen molar-refractivity contribution in [1.29, 1.82) is 0 Å². The molecule has 0 aliphatic carbocycles. The summed E-state index contributed by atoms with van der Waals surface area (Å²) in [7, 11) is -3.70. The SMILES string of the molecule is CCCCCOc1cc(C)c(Cl)cc1S(=O)(=O)N1C[C@@H](C)O[C@H](C)C1. The van der Waals surface area contributed by atoms with Crippen LogP contribution in [0.3, 0.4) is 0 Å². The number of benzene rings is 1. The predicted octanol–water partition coefficient (Wildman–Crippen LogP) is 4.02. The minimum absolute atomic E-state index is 0.140. The van der Waals surface area contributed by atoms with Gasteiger partial charge in [0.25, 0.3) is 0 Å². The number of ether oxygens (including phenoxy) is 2. The number of nitrogens with zero attached hydrogens (tertiary/aromatic N) is 1. The number of hydrogen-bond acceptors (Lipinski definition) is 4. The number of sulfonamides is 1. The maximum absolute atomic E-state index is 13.2. The molecule has 1 aromatic carbocycles. The first-order chi connectivity index (χ1) is 11.8. The Balaban J connectivity index is 2.33. The van der Waals surface area contributed by atoms with Crippen LogP contribution in [-0.2, 0) is 14.8 Å². The highest BCUT2D eigenvalue weighted by atomic mass is 35.5. The fourth-order valence-corrected chi connectivity index (χ4v) is 4.91. The molecule has 0 N–H and O–H groups in total. The summed E-state index contributed by atoms with van der Waals surface area (Å²) in [4.78, 5) is 0.140. The molecule has 0 unspecified atom stereocenters. The number of morpholine rings is 1. The number of hydrogen-bond donors (Lipinski definition) is 0. The van der Waals surface area contributed by atoms with Crippen molar-refractivity contribution in [3.05, 3.63) is 22.7 Å². The van der Waals surface area contributed by atoms with Gasteiger partial charge in [-0.25, -0.2) is 8.42 Å². The van der Waals surface area contributed by atoms with E-state index in [0.29, 0.717) is 30.5 Å². The summed E-state index contributed by atoms with van der Waals surface area (Å²) < 4.78 is 39.3. The monoisotopic (exact) mass is 389 g/mol. The van der Waals surface area contributed by atoms with Gasteiger partial charge in [-0.3, -0.25) is 0 Å². The third-order valence-corrected chi connectivity index (χ3v) is 6.49. The lowest BCUT2D eigenvalue weighted by Gasteiger charge is -2.34. The second kappa shape index (κ2) is 8.71. The average molecular weight is 390 g/mol. The molecule has 1 fully saturated rings. The zero-order valence-electron chi connectivity index (χ0n) is 15.4. The Labute approximate surface area is 156 Å². The largest absolute Gasteiger partial charge is 0.492 e. The first kappa shape index (κ1) is 20.5. The molecule has 7 heteroatoms. The predicted molar refractivity (Wildman–Crippen MR) is 100.0 cm³/mol. The van der Waals surface area contributed by atoms with Crippen molar-refractivity contribution >= 4 is 21.6 Å². The minimum Gasteiger partial charge on any atom is -0.492 e. The standard InChI is InChI=1S/C18H28ClNO4S/c1-5-6-7-8-23-17-9-13(2)16(19)10-18(17)25(21,22)20-11-14(3)24-15(4)12-20/h9-10,14-15H,5-8,11-12H2,1-4H3/t14-,15-/m1/s1. The smallest absolute Gasteiger partial charge is 0.246 e. The van der Waals surface area contributed by atoms with Crippen molar-refractivity contribution < 1.29 is 17.9 Å². The number of unbranched alkanes of at least 4 members (excludes halogenated alkanes) is 2. The summed E-state index contributed by atoms with van der Waals surface area (Å²) in [6.07, 6.45) is 2.73. The summed E-state index contributed by atoms with van der Waals surface area (Å²) in [6, 6.07) is 3.22. The van der Waals surface area contributed by atoms with Crippen molar-refractivity contribution in [2.45, 2.75) is 64.1 Å². The van der Waals surface area contributed by atoms with Crippen molar-refractivity contribution in [2.24, 2.45) is 0 Å². The molecule has 0 bridgehead atoms. The van der Waals surface area contributed by atoms with Crippen molar-refractivity contribution in [2.75, 3.05) is 19.7 Å². The Kier molecular flexibility index (Phi) is 7.14. The van der Waals surface area contributed by atoms with Crippen LogP contribution in [0.4, 0.5) is 0 Å². The van der Waals surface area contributed by atoms with Gasteiger partial charge >= 0.3 is 0 Å². The third kappa shape index (κ3) is 5.09. The highest BCUT2D eigenvalue weighted by Gasteiger charge is 2.34. The van der Waals surface area contributed by atoms with E-state index in [1.54, 1.807) is 6.07 Å². The van der Waals surface area contributed by atoms with Gasteiger partial charge in [0.2, 0.25) is 10.0 Å². The fraction of sp³-hybridized carbons (Fsp3) is 0.667. The van der Waals surface area contributed by atoms with E-state index in [1.165, 1.54) is 10.4 Å². The maximum atomic E-state index is 13.2. The van der Waals surface area contributed by atoms with E-state index >= 15 is 0 Å². The van der Waals surface area contributed by atoms with Crippen LogP contribution in [0.5, 0.6) is 5.75 Å². The van der Waals surface area contributed by atoms with Crippen LogP contribution < -0.4 is 4.74 Å². The molecule has 0 spiro atoms. The van der Waals surface area contributed by atoms with E-state index in [4.69, 9.17) is 21.1 Å². The highest BCUT2D eigenvalue weighted by Crippen LogP contribution is 2.33. The molecule has 1 aromatic rings. The molecule has 1 heterocycles. The molecule has 1 saturated heterocycles. The van der Waals surface area contributed by atoms with Crippen molar-refractivity contribution in [3.63, 3.8) is 0 Å². The van der Waals surface area contributed by atoms with Crippen molar-refractivity contribution in [3.8, 4) is 5.75 Å². The lowest BCUT2D eigenvalue weighted by molar-refractivity contribution is -0.0441. The lowest BCUT2D eigenvalue weighted by Crippen LogP contribution is -2.48. The molecular weight excluding hydrogens is 362 g/mol. The van der Waals surface area contributed by atoms with Gasteiger partial charge in [-0.05, 0) is 44.9 Å². The van der Waals surface area contributed by atoms with Gasteiger partial charge in [0.15, 0.2) is 0 Å². The number of aryl methyl sites for hydroxylation is 1. The zero-order valence-corrected chi connectivity index (χ0v) is 17.0. The highest BCUT2D eigenvalue weighted by molar-refractivity contribution is 7.89. The normalized spacial score (nSPS) is 22.1. The van der Waals surface area contributed by atoms with Crippen LogP contribution in [0.1, 0.15) is 45.6 Å². The van der Waals surface area contributed by atoms with Crippen LogP contribution in [0.15, 0.2) is 17.0 Å². The molecule has 5 nitrogen and oxygen atoms in total. The van der Waals surface area contributed by atoms with E-state index in [1.807, 2.05) is 20.8 Å². The Bertz CT molecular complexity index is 683. The van der Waals surface area contributed by atoms with Crippen LogP contribution in [-0.4, -0.2) is 44.6 Å². The Morgan fingerprint density at radius 2 is 1.88 bits per heavy atom. The summed E-state index contributed by atoms with van der Waals surface area (Å²) >= 11 is 6.21. The maximum Gasteiger partial charge on any atom is 0.246 e. The van der Waals surface area contributed by atoms with Gasteiger partial charge < -0.3 is 9.47 Å². The number of halogens is 1. The van der Waals surface area contributed by atoms with Crippen molar-refractivity contribution in [1.82, 2.24) is 4.31 Å². The molecule has 25 heavy (non-hydrogen) atoms. The molecule has 0 saturated carbocycles. The fourth-order valence-electron chi connectivity index (χ4n) is 2.95. The van der Waals surface area contributed by atoms with E-state index in [2.05, 4.69) is 6.92 Å². The van der Waals surface area contributed by atoms with E-state index < -0.39 is 10.0 Å². The van der Waals surface area contributed by atoms with Crippen LogP contribution in [0.25, 0.3) is 0 Å². The summed E-state index contributed by atoms with van der Waals surface area (Å²) in [5, 5.41) is 0.425. The molecule has 1 aliphatic heterocycles.